The first-order valence-corrected chi connectivity index (χ1v) is 12.2. The molecule has 0 spiro atoms. The number of aromatic nitrogens is 4. The molecule has 0 aliphatic rings. The Labute approximate surface area is 208 Å². The molecule has 0 radical (unpaired) electrons. The van der Waals surface area contributed by atoms with Crippen molar-refractivity contribution in [3.8, 4) is 17.2 Å². The third-order valence-electron chi connectivity index (χ3n) is 5.07. The van der Waals surface area contributed by atoms with Gasteiger partial charge in [0.05, 0.1) is 18.8 Å². The molecule has 0 saturated heterocycles. The number of phenols is 1. The number of hydrogen-bond acceptors (Lipinski definition) is 7. The van der Waals surface area contributed by atoms with Crippen molar-refractivity contribution in [2.75, 3.05) is 13.7 Å². The van der Waals surface area contributed by atoms with E-state index in [1.54, 1.807) is 30.2 Å². The van der Waals surface area contributed by atoms with Gasteiger partial charge < -0.3 is 9.84 Å². The summed E-state index contributed by atoms with van der Waals surface area (Å²) in [4.78, 5) is 6.23. The molecule has 4 aromatic rings. The molecule has 0 aliphatic carbocycles. The smallest absolute Gasteiger partial charge is 0.196 e. The minimum atomic E-state index is 0.143. The summed E-state index contributed by atoms with van der Waals surface area (Å²) in [5.41, 5.74) is 3.11. The normalized spacial score (nSPS) is 11.2. The second-order valence-corrected chi connectivity index (χ2v) is 9.14. The molecule has 0 saturated carbocycles. The third kappa shape index (κ3) is 6.08. The van der Waals surface area contributed by atoms with E-state index in [4.69, 9.17) is 16.3 Å². The first-order chi connectivity index (χ1) is 16.5. The van der Waals surface area contributed by atoms with Crippen molar-refractivity contribution in [3.63, 3.8) is 0 Å². The van der Waals surface area contributed by atoms with Gasteiger partial charge in [-0.15, -0.1) is 10.2 Å². The van der Waals surface area contributed by atoms with Crippen LogP contribution in [0.4, 0.5) is 0 Å². The van der Waals surface area contributed by atoms with Gasteiger partial charge in [0.1, 0.15) is 0 Å². The summed E-state index contributed by atoms with van der Waals surface area (Å²) in [6.45, 7) is 3.61. The van der Waals surface area contributed by atoms with Crippen molar-refractivity contribution >= 4 is 23.4 Å². The summed E-state index contributed by atoms with van der Waals surface area (Å²) in [5, 5.41) is 20.4. The number of pyridine rings is 1. The number of ether oxygens (including phenoxy) is 1. The maximum absolute atomic E-state index is 9.98. The van der Waals surface area contributed by atoms with E-state index in [1.807, 2.05) is 62.5 Å². The Bertz CT molecular complexity index is 1240. The molecular weight excluding hydrogens is 470 g/mol. The molecule has 7 nitrogen and oxygen atoms in total. The highest BCUT2D eigenvalue weighted by Crippen LogP contribution is 2.29. The van der Waals surface area contributed by atoms with Crippen LogP contribution in [0.5, 0.6) is 11.5 Å². The molecule has 2 aromatic heterocycles. The Kier molecular flexibility index (Phi) is 8.05. The topological polar surface area (TPSA) is 76.3 Å². The zero-order chi connectivity index (χ0) is 23.9. The van der Waals surface area contributed by atoms with Crippen LogP contribution >= 0.6 is 23.4 Å². The molecule has 0 fully saturated rings. The Morgan fingerprint density at radius 1 is 1.03 bits per heavy atom. The lowest BCUT2D eigenvalue weighted by Gasteiger charge is -2.18. The SMILES string of the molecule is CCOc1cc(CN(C)Cc2nnc(SCc3ccncc3)n2-c2cccc(Cl)c2)ccc1O. The van der Waals surface area contributed by atoms with E-state index >= 15 is 0 Å². The number of hydrogen-bond donors (Lipinski definition) is 1. The average molecular weight is 496 g/mol. The molecule has 9 heteroatoms. The number of thioether (sulfide) groups is 1. The van der Waals surface area contributed by atoms with Crippen LogP contribution < -0.4 is 4.74 Å². The van der Waals surface area contributed by atoms with Gasteiger partial charge in [0.25, 0.3) is 0 Å². The van der Waals surface area contributed by atoms with Crippen LogP contribution in [0.15, 0.2) is 72.1 Å². The van der Waals surface area contributed by atoms with Gasteiger partial charge in [-0.3, -0.25) is 14.5 Å². The lowest BCUT2D eigenvalue weighted by atomic mass is 10.2. The quantitative estimate of drug-likeness (QED) is 0.297. The predicted octanol–water partition coefficient (Wildman–Crippen LogP) is 5.34. The van der Waals surface area contributed by atoms with Gasteiger partial charge in [-0.05, 0) is 67.6 Å². The minimum Gasteiger partial charge on any atom is -0.504 e. The molecule has 0 unspecified atom stereocenters. The van der Waals surface area contributed by atoms with Crippen molar-refractivity contribution in [1.82, 2.24) is 24.6 Å². The average Bonchev–Trinajstić information content (AvgIpc) is 3.23. The van der Waals surface area contributed by atoms with Crippen molar-refractivity contribution < 1.29 is 9.84 Å². The summed E-state index contributed by atoms with van der Waals surface area (Å²) in [6.07, 6.45) is 3.58. The largest absolute Gasteiger partial charge is 0.504 e. The molecule has 0 aliphatic heterocycles. The molecule has 34 heavy (non-hydrogen) atoms. The van der Waals surface area contributed by atoms with Crippen LogP contribution in [0, 0.1) is 0 Å². The second kappa shape index (κ2) is 11.4. The van der Waals surface area contributed by atoms with E-state index in [1.165, 1.54) is 0 Å². The standard InChI is InChI=1S/C25H26ClN5O2S/c1-3-33-23-13-19(7-8-22(23)32)15-30(2)16-24-28-29-25(34-17-18-9-11-27-12-10-18)31(24)21-6-4-5-20(26)14-21/h4-14,32H,3,15-17H2,1-2H3. The molecule has 1 N–H and O–H groups in total. The fraction of sp³-hybridized carbons (Fsp3) is 0.240. The lowest BCUT2D eigenvalue weighted by molar-refractivity contribution is 0.302. The molecule has 0 amide bonds. The fourth-order valence-electron chi connectivity index (χ4n) is 3.53. The minimum absolute atomic E-state index is 0.143. The zero-order valence-electron chi connectivity index (χ0n) is 19.1. The van der Waals surface area contributed by atoms with Crippen LogP contribution in [0.1, 0.15) is 23.9 Å². The monoisotopic (exact) mass is 495 g/mol. The van der Waals surface area contributed by atoms with Crippen LogP contribution in [0.2, 0.25) is 5.02 Å². The molecule has 2 heterocycles. The first-order valence-electron chi connectivity index (χ1n) is 10.9. The number of halogens is 1. The summed E-state index contributed by atoms with van der Waals surface area (Å²) >= 11 is 7.91. The van der Waals surface area contributed by atoms with E-state index in [0.717, 1.165) is 33.5 Å². The number of phenolic OH excluding ortho intramolecular Hbond substituents is 1. The molecule has 176 valence electrons. The Morgan fingerprint density at radius 3 is 2.62 bits per heavy atom. The van der Waals surface area contributed by atoms with Crippen molar-refractivity contribution in [2.24, 2.45) is 0 Å². The summed E-state index contributed by atoms with van der Waals surface area (Å²) in [7, 11) is 2.02. The van der Waals surface area contributed by atoms with Gasteiger partial charge in [0.15, 0.2) is 22.5 Å². The highest BCUT2D eigenvalue weighted by atomic mass is 35.5. The van der Waals surface area contributed by atoms with E-state index < -0.39 is 0 Å². The first kappa shape index (κ1) is 24.1. The van der Waals surface area contributed by atoms with Crippen molar-refractivity contribution in [1.29, 1.82) is 0 Å². The second-order valence-electron chi connectivity index (χ2n) is 7.77. The maximum atomic E-state index is 9.98. The molecule has 0 atom stereocenters. The Balaban J connectivity index is 1.56. The fourth-order valence-corrected chi connectivity index (χ4v) is 4.65. The van der Waals surface area contributed by atoms with E-state index in [2.05, 4.69) is 24.6 Å². The van der Waals surface area contributed by atoms with Gasteiger partial charge in [0.2, 0.25) is 0 Å². The Hall–Kier alpha value is -3.07. The lowest BCUT2D eigenvalue weighted by Crippen LogP contribution is -2.20. The maximum Gasteiger partial charge on any atom is 0.196 e. The summed E-state index contributed by atoms with van der Waals surface area (Å²) in [6, 6.07) is 17.1. The van der Waals surface area contributed by atoms with E-state index in [0.29, 0.717) is 30.5 Å². The number of aromatic hydroxyl groups is 1. The number of rotatable bonds is 10. The number of nitrogens with zero attached hydrogens (tertiary/aromatic N) is 5. The van der Waals surface area contributed by atoms with Crippen LogP contribution in [0.25, 0.3) is 5.69 Å². The predicted molar refractivity (Wildman–Crippen MR) is 135 cm³/mol. The molecule has 4 rings (SSSR count). The van der Waals surface area contributed by atoms with Crippen LogP contribution in [-0.4, -0.2) is 43.4 Å². The highest BCUT2D eigenvalue weighted by Gasteiger charge is 2.17. The third-order valence-corrected chi connectivity index (χ3v) is 6.31. The summed E-state index contributed by atoms with van der Waals surface area (Å²) < 4.78 is 7.57. The van der Waals surface area contributed by atoms with E-state index in [-0.39, 0.29) is 5.75 Å². The molecular formula is C25H26ClN5O2S. The van der Waals surface area contributed by atoms with Crippen molar-refractivity contribution in [2.45, 2.75) is 30.9 Å². The highest BCUT2D eigenvalue weighted by molar-refractivity contribution is 7.98. The van der Waals surface area contributed by atoms with Crippen LogP contribution in [-0.2, 0) is 18.8 Å². The van der Waals surface area contributed by atoms with Crippen LogP contribution in [0.3, 0.4) is 0 Å². The van der Waals surface area contributed by atoms with Gasteiger partial charge in [0, 0.05) is 29.7 Å². The zero-order valence-corrected chi connectivity index (χ0v) is 20.6. The number of benzene rings is 2. The Morgan fingerprint density at radius 2 is 1.85 bits per heavy atom. The van der Waals surface area contributed by atoms with Crippen molar-refractivity contribution in [3.05, 3.63) is 89.0 Å². The summed E-state index contributed by atoms with van der Waals surface area (Å²) in [5.74, 6) is 2.20. The van der Waals surface area contributed by atoms with E-state index in [9.17, 15) is 5.11 Å². The van der Waals surface area contributed by atoms with Gasteiger partial charge in [-0.1, -0.05) is 35.5 Å². The molecule has 0 bridgehead atoms. The van der Waals surface area contributed by atoms with Gasteiger partial charge in [-0.25, -0.2) is 0 Å². The molecule has 2 aromatic carbocycles. The van der Waals surface area contributed by atoms with Gasteiger partial charge >= 0.3 is 0 Å². The van der Waals surface area contributed by atoms with Gasteiger partial charge in [-0.2, -0.15) is 0 Å².